The highest BCUT2D eigenvalue weighted by molar-refractivity contribution is 5.64. The summed E-state index contributed by atoms with van der Waals surface area (Å²) < 4.78 is 13.6. The maximum Gasteiger partial charge on any atom is 0.225 e. The summed E-state index contributed by atoms with van der Waals surface area (Å²) >= 11 is 0. The number of rotatable bonds is 2. The molecule has 24 heavy (non-hydrogen) atoms. The van der Waals surface area contributed by atoms with Crippen LogP contribution in [0, 0.1) is 5.82 Å². The summed E-state index contributed by atoms with van der Waals surface area (Å²) in [6, 6.07) is 8.36. The molecule has 0 bridgehead atoms. The smallest absolute Gasteiger partial charge is 0.225 e. The average molecular weight is 321 g/mol. The van der Waals surface area contributed by atoms with Crippen LogP contribution < -0.4 is 4.90 Å². The van der Waals surface area contributed by atoms with Crippen LogP contribution in [0.4, 0.5) is 10.3 Å². The van der Waals surface area contributed by atoms with Crippen molar-refractivity contribution in [2.24, 2.45) is 0 Å². The molecule has 0 N–H and O–H groups in total. The SMILES string of the molecule is Fc1cccc(-c2ncnc3c2CCN(c2ncccn2)CC3)c1. The van der Waals surface area contributed by atoms with Gasteiger partial charge in [-0.05, 0) is 24.6 Å². The molecule has 6 heteroatoms. The second-order valence-electron chi connectivity index (χ2n) is 5.69. The Hall–Kier alpha value is -2.89. The van der Waals surface area contributed by atoms with Gasteiger partial charge in [0.05, 0.1) is 5.69 Å². The summed E-state index contributed by atoms with van der Waals surface area (Å²) in [7, 11) is 0. The summed E-state index contributed by atoms with van der Waals surface area (Å²) in [5, 5.41) is 0. The van der Waals surface area contributed by atoms with Crippen LogP contribution in [0.5, 0.6) is 0 Å². The molecule has 3 heterocycles. The van der Waals surface area contributed by atoms with Gasteiger partial charge in [-0.25, -0.2) is 24.3 Å². The molecule has 2 aromatic heterocycles. The first-order valence-corrected chi connectivity index (χ1v) is 7.92. The van der Waals surface area contributed by atoms with Gasteiger partial charge in [-0.15, -0.1) is 0 Å². The third-order valence-corrected chi connectivity index (χ3v) is 4.22. The summed E-state index contributed by atoms with van der Waals surface area (Å²) in [5.41, 5.74) is 3.71. The van der Waals surface area contributed by atoms with Gasteiger partial charge >= 0.3 is 0 Å². The highest BCUT2D eigenvalue weighted by Gasteiger charge is 2.20. The molecule has 0 saturated carbocycles. The van der Waals surface area contributed by atoms with Crippen molar-refractivity contribution in [2.45, 2.75) is 12.8 Å². The molecule has 5 nitrogen and oxygen atoms in total. The average Bonchev–Trinajstić information content (AvgIpc) is 2.85. The second-order valence-corrected chi connectivity index (χ2v) is 5.69. The van der Waals surface area contributed by atoms with Gasteiger partial charge < -0.3 is 4.90 Å². The number of anilines is 1. The van der Waals surface area contributed by atoms with Gasteiger partial charge in [-0.3, -0.25) is 0 Å². The Balaban J connectivity index is 1.68. The lowest BCUT2D eigenvalue weighted by atomic mass is 10.0. The number of fused-ring (bicyclic) bond motifs is 1. The first-order chi connectivity index (χ1) is 11.8. The Morgan fingerprint density at radius 3 is 2.58 bits per heavy atom. The third kappa shape index (κ3) is 2.82. The molecule has 0 aliphatic carbocycles. The first kappa shape index (κ1) is 14.7. The second kappa shape index (κ2) is 6.31. The van der Waals surface area contributed by atoms with Crippen molar-refractivity contribution >= 4 is 5.95 Å². The predicted octanol–water partition coefficient (Wildman–Crippen LogP) is 2.68. The van der Waals surface area contributed by atoms with Crippen LogP contribution in [0.25, 0.3) is 11.3 Å². The summed E-state index contributed by atoms with van der Waals surface area (Å²) in [5.74, 6) is 0.471. The fourth-order valence-corrected chi connectivity index (χ4v) is 3.07. The van der Waals surface area contributed by atoms with Gasteiger partial charge in [0.1, 0.15) is 12.1 Å². The Morgan fingerprint density at radius 1 is 0.917 bits per heavy atom. The zero-order valence-electron chi connectivity index (χ0n) is 13.1. The molecule has 0 radical (unpaired) electrons. The molecule has 0 saturated heterocycles. The van der Waals surface area contributed by atoms with Gasteiger partial charge in [0.25, 0.3) is 0 Å². The minimum Gasteiger partial charge on any atom is -0.340 e. The minimum absolute atomic E-state index is 0.257. The van der Waals surface area contributed by atoms with Crippen molar-refractivity contribution in [1.29, 1.82) is 0 Å². The molecule has 3 aromatic rings. The Bertz CT molecular complexity index is 853. The fourth-order valence-electron chi connectivity index (χ4n) is 3.07. The number of halogens is 1. The monoisotopic (exact) mass is 321 g/mol. The normalized spacial score (nSPS) is 14.1. The number of hydrogen-bond acceptors (Lipinski definition) is 5. The van der Waals surface area contributed by atoms with E-state index < -0.39 is 0 Å². The highest BCUT2D eigenvalue weighted by atomic mass is 19.1. The molecule has 0 unspecified atom stereocenters. The molecule has 0 fully saturated rings. The highest BCUT2D eigenvalue weighted by Crippen LogP contribution is 2.26. The maximum absolute atomic E-state index is 13.6. The lowest BCUT2D eigenvalue weighted by molar-refractivity contribution is 0.628. The number of hydrogen-bond donors (Lipinski definition) is 0. The van der Waals surface area contributed by atoms with E-state index in [-0.39, 0.29) is 5.82 Å². The lowest BCUT2D eigenvalue weighted by Gasteiger charge is -2.19. The maximum atomic E-state index is 13.6. The van der Waals surface area contributed by atoms with Crippen molar-refractivity contribution in [3.63, 3.8) is 0 Å². The molecule has 0 spiro atoms. The van der Waals surface area contributed by atoms with E-state index in [1.54, 1.807) is 24.8 Å². The first-order valence-electron chi connectivity index (χ1n) is 7.92. The van der Waals surface area contributed by atoms with Crippen molar-refractivity contribution in [3.8, 4) is 11.3 Å². The largest absolute Gasteiger partial charge is 0.340 e. The molecule has 1 aliphatic heterocycles. The van der Waals surface area contributed by atoms with Crippen LogP contribution in [-0.4, -0.2) is 33.0 Å². The molecule has 1 aromatic carbocycles. The topological polar surface area (TPSA) is 54.8 Å². The zero-order valence-corrected chi connectivity index (χ0v) is 13.1. The van der Waals surface area contributed by atoms with Crippen LogP contribution in [0.1, 0.15) is 11.3 Å². The molecule has 0 atom stereocenters. The number of aromatic nitrogens is 4. The molecule has 0 amide bonds. The van der Waals surface area contributed by atoms with Crippen molar-refractivity contribution in [2.75, 3.05) is 18.0 Å². The van der Waals surface area contributed by atoms with E-state index >= 15 is 0 Å². The van der Waals surface area contributed by atoms with Crippen molar-refractivity contribution in [3.05, 3.63) is 66.1 Å². The molecule has 120 valence electrons. The Labute approximate surface area is 139 Å². The summed E-state index contributed by atoms with van der Waals surface area (Å²) in [6.45, 7) is 1.59. The van der Waals surface area contributed by atoms with Crippen LogP contribution in [0.3, 0.4) is 0 Å². The van der Waals surface area contributed by atoms with Gasteiger partial charge in [0, 0.05) is 48.7 Å². The molecular weight excluding hydrogens is 305 g/mol. The van der Waals surface area contributed by atoms with E-state index in [9.17, 15) is 4.39 Å². The molecular formula is C18H16FN5. The fraction of sp³-hybridized carbons (Fsp3) is 0.222. The Kier molecular flexibility index (Phi) is 3.86. The Morgan fingerprint density at radius 2 is 1.75 bits per heavy atom. The van der Waals surface area contributed by atoms with Gasteiger partial charge in [-0.1, -0.05) is 12.1 Å². The van der Waals surface area contributed by atoms with E-state index in [1.807, 2.05) is 12.1 Å². The van der Waals surface area contributed by atoms with Crippen LogP contribution in [0.15, 0.2) is 49.1 Å². The zero-order chi connectivity index (χ0) is 16.4. The predicted molar refractivity (Wildman–Crippen MR) is 89.1 cm³/mol. The summed E-state index contributed by atoms with van der Waals surface area (Å²) in [4.78, 5) is 19.7. The van der Waals surface area contributed by atoms with E-state index in [0.717, 1.165) is 54.4 Å². The van der Waals surface area contributed by atoms with E-state index in [4.69, 9.17) is 0 Å². The number of benzene rings is 1. The van der Waals surface area contributed by atoms with E-state index in [2.05, 4.69) is 24.8 Å². The standard InChI is InChI=1S/C18H16FN5/c19-14-4-1-3-13(11-14)17-15-5-9-24(18-20-7-2-8-21-18)10-6-16(15)22-12-23-17/h1-4,7-8,11-12H,5-6,9-10H2. The quantitative estimate of drug-likeness (QED) is 0.726. The van der Waals surface area contributed by atoms with Crippen molar-refractivity contribution in [1.82, 2.24) is 19.9 Å². The van der Waals surface area contributed by atoms with E-state index in [0.29, 0.717) is 0 Å². The minimum atomic E-state index is -0.257. The van der Waals surface area contributed by atoms with Gasteiger partial charge in [-0.2, -0.15) is 0 Å². The third-order valence-electron chi connectivity index (χ3n) is 4.22. The van der Waals surface area contributed by atoms with Crippen LogP contribution >= 0.6 is 0 Å². The number of nitrogens with zero attached hydrogens (tertiary/aromatic N) is 5. The molecule has 1 aliphatic rings. The molecule has 4 rings (SSSR count). The van der Waals surface area contributed by atoms with E-state index in [1.165, 1.54) is 12.1 Å². The van der Waals surface area contributed by atoms with Crippen LogP contribution in [0.2, 0.25) is 0 Å². The lowest BCUT2D eigenvalue weighted by Crippen LogP contribution is -2.27. The summed E-state index contributed by atoms with van der Waals surface area (Å²) in [6.07, 6.45) is 6.63. The van der Waals surface area contributed by atoms with Gasteiger partial charge in [0.2, 0.25) is 5.95 Å². The van der Waals surface area contributed by atoms with Crippen molar-refractivity contribution < 1.29 is 4.39 Å². The van der Waals surface area contributed by atoms with Crippen LogP contribution in [-0.2, 0) is 12.8 Å². The van der Waals surface area contributed by atoms with Gasteiger partial charge in [0.15, 0.2) is 0 Å².